The van der Waals surface area contributed by atoms with Crippen molar-refractivity contribution in [3.63, 3.8) is 0 Å². The number of fused-ring (bicyclic) bond motifs is 1. The van der Waals surface area contributed by atoms with Gasteiger partial charge in [0.25, 0.3) is 5.91 Å². The van der Waals surface area contributed by atoms with Crippen LogP contribution >= 0.6 is 23.1 Å². The number of para-hydroxylation sites is 1. The van der Waals surface area contributed by atoms with Crippen LogP contribution < -0.4 is 10.1 Å². The van der Waals surface area contributed by atoms with Crippen LogP contribution in [0.25, 0.3) is 10.2 Å². The minimum Gasteiger partial charge on any atom is -0.481 e. The number of carbonyl (C=O) groups excluding carboxylic acids is 1. The van der Waals surface area contributed by atoms with Gasteiger partial charge in [0, 0.05) is 5.69 Å². The Balaban J connectivity index is 1.69. The number of benzene rings is 2. The van der Waals surface area contributed by atoms with Crippen LogP contribution in [-0.4, -0.2) is 23.3 Å². The molecule has 3 aromatic rings. The fourth-order valence-corrected chi connectivity index (χ4v) is 3.60. The zero-order chi connectivity index (χ0) is 16.2. The molecule has 1 heterocycles. The molecular formula is C17H16N2O2S2. The minimum atomic E-state index is -0.573. The molecule has 0 aliphatic carbocycles. The van der Waals surface area contributed by atoms with Crippen molar-refractivity contribution >= 4 is 44.9 Å². The zero-order valence-corrected chi connectivity index (χ0v) is 14.4. The van der Waals surface area contributed by atoms with Crippen LogP contribution in [0.1, 0.15) is 6.92 Å². The van der Waals surface area contributed by atoms with Crippen LogP contribution in [0.15, 0.2) is 52.9 Å². The first kappa shape index (κ1) is 15.8. The molecule has 118 valence electrons. The number of nitrogens with zero attached hydrogens (tertiary/aromatic N) is 1. The molecular weight excluding hydrogens is 328 g/mol. The first-order chi connectivity index (χ1) is 11.2. The largest absolute Gasteiger partial charge is 0.481 e. The van der Waals surface area contributed by atoms with Gasteiger partial charge in [0.05, 0.1) is 10.2 Å². The second kappa shape index (κ2) is 7.02. The van der Waals surface area contributed by atoms with Crippen molar-refractivity contribution in [2.24, 2.45) is 0 Å². The van der Waals surface area contributed by atoms with Crippen LogP contribution in [0.2, 0.25) is 0 Å². The van der Waals surface area contributed by atoms with E-state index >= 15 is 0 Å². The van der Waals surface area contributed by atoms with E-state index < -0.39 is 6.10 Å². The first-order valence-electron chi connectivity index (χ1n) is 7.13. The Labute approximate surface area is 142 Å². The lowest BCUT2D eigenvalue weighted by Gasteiger charge is -2.14. The summed E-state index contributed by atoms with van der Waals surface area (Å²) in [5.41, 5.74) is 1.70. The molecule has 6 heteroatoms. The Bertz CT molecular complexity index is 818. The summed E-state index contributed by atoms with van der Waals surface area (Å²) in [4.78, 5) is 16.7. The van der Waals surface area contributed by atoms with E-state index in [1.807, 2.05) is 54.8 Å². The number of amides is 1. The number of thioether (sulfide) groups is 1. The van der Waals surface area contributed by atoms with E-state index in [-0.39, 0.29) is 5.91 Å². The highest BCUT2D eigenvalue weighted by molar-refractivity contribution is 8.00. The lowest BCUT2D eigenvalue weighted by molar-refractivity contribution is -0.122. The van der Waals surface area contributed by atoms with Crippen molar-refractivity contribution in [1.29, 1.82) is 0 Å². The van der Waals surface area contributed by atoms with Crippen molar-refractivity contribution in [2.75, 3.05) is 11.6 Å². The van der Waals surface area contributed by atoms with Gasteiger partial charge in [-0.15, -0.1) is 11.3 Å². The van der Waals surface area contributed by atoms with Gasteiger partial charge in [-0.05, 0) is 43.5 Å². The monoisotopic (exact) mass is 344 g/mol. The van der Waals surface area contributed by atoms with E-state index in [4.69, 9.17) is 4.74 Å². The van der Waals surface area contributed by atoms with Crippen molar-refractivity contribution < 1.29 is 9.53 Å². The smallest absolute Gasteiger partial charge is 0.265 e. The van der Waals surface area contributed by atoms with Crippen LogP contribution in [0, 0.1) is 0 Å². The van der Waals surface area contributed by atoms with Gasteiger partial charge < -0.3 is 10.1 Å². The van der Waals surface area contributed by atoms with E-state index in [0.29, 0.717) is 5.75 Å². The maximum atomic E-state index is 12.3. The third kappa shape index (κ3) is 3.83. The number of anilines is 1. The van der Waals surface area contributed by atoms with Gasteiger partial charge in [-0.2, -0.15) is 0 Å². The van der Waals surface area contributed by atoms with E-state index in [9.17, 15) is 4.79 Å². The summed E-state index contributed by atoms with van der Waals surface area (Å²) in [5, 5.41) is 2.89. The Kier molecular flexibility index (Phi) is 4.83. The maximum absolute atomic E-state index is 12.3. The summed E-state index contributed by atoms with van der Waals surface area (Å²) in [6.07, 6.45) is 1.43. The molecule has 0 bridgehead atoms. The van der Waals surface area contributed by atoms with E-state index in [1.165, 1.54) is 0 Å². The predicted octanol–water partition coefficient (Wildman–Crippen LogP) is 4.42. The number of hydrogen-bond acceptors (Lipinski definition) is 5. The predicted molar refractivity (Wildman–Crippen MR) is 96.6 cm³/mol. The second-order valence-corrected chi connectivity index (χ2v) is 7.01. The van der Waals surface area contributed by atoms with Crippen LogP contribution in [0.4, 0.5) is 5.69 Å². The molecule has 0 radical (unpaired) electrons. The zero-order valence-electron chi connectivity index (χ0n) is 12.8. The third-order valence-electron chi connectivity index (χ3n) is 3.24. The molecule has 0 saturated carbocycles. The van der Waals surface area contributed by atoms with Gasteiger partial charge in [-0.3, -0.25) is 4.79 Å². The molecule has 1 aromatic heterocycles. The van der Waals surface area contributed by atoms with Gasteiger partial charge in [0.15, 0.2) is 10.4 Å². The molecule has 4 nitrogen and oxygen atoms in total. The molecule has 1 amide bonds. The molecule has 0 spiro atoms. The van der Waals surface area contributed by atoms with Crippen LogP contribution in [0.3, 0.4) is 0 Å². The number of thiazole rings is 1. The number of carbonyl (C=O) groups is 1. The summed E-state index contributed by atoms with van der Waals surface area (Å²) in [7, 11) is 0. The molecule has 0 saturated heterocycles. The lowest BCUT2D eigenvalue weighted by Crippen LogP contribution is -2.30. The van der Waals surface area contributed by atoms with Crippen molar-refractivity contribution in [2.45, 2.75) is 17.4 Å². The number of hydrogen-bond donors (Lipinski definition) is 1. The Morgan fingerprint density at radius 3 is 2.78 bits per heavy atom. The number of aromatic nitrogens is 1. The average Bonchev–Trinajstić information content (AvgIpc) is 2.98. The summed E-state index contributed by atoms with van der Waals surface area (Å²) in [6.45, 7) is 1.74. The van der Waals surface area contributed by atoms with Crippen molar-refractivity contribution in [3.8, 4) is 5.75 Å². The number of nitrogens with one attached hydrogen (secondary N) is 1. The van der Waals surface area contributed by atoms with E-state index in [1.54, 1.807) is 30.0 Å². The Morgan fingerprint density at radius 1 is 1.26 bits per heavy atom. The third-order valence-corrected chi connectivity index (χ3v) is 5.24. The molecule has 1 N–H and O–H groups in total. The molecule has 0 aliphatic rings. The standard InChI is InChI=1S/C17H16N2O2S2/c1-11(21-13-6-4-3-5-7-13)16(20)18-12-8-9-14-15(10-12)23-17(19-14)22-2/h3-11H,1-2H3,(H,18,20). The molecule has 23 heavy (non-hydrogen) atoms. The quantitative estimate of drug-likeness (QED) is 0.696. The van der Waals surface area contributed by atoms with Gasteiger partial charge in [0.1, 0.15) is 5.75 Å². The van der Waals surface area contributed by atoms with Crippen LogP contribution in [0.5, 0.6) is 5.75 Å². The SMILES string of the molecule is CSc1nc2ccc(NC(=O)C(C)Oc3ccccc3)cc2s1. The molecule has 0 aliphatic heterocycles. The molecule has 0 fully saturated rings. The fourth-order valence-electron chi connectivity index (χ4n) is 2.07. The number of rotatable bonds is 5. The summed E-state index contributed by atoms with van der Waals surface area (Å²) in [6, 6.07) is 15.0. The summed E-state index contributed by atoms with van der Waals surface area (Å²) < 4.78 is 7.71. The highest BCUT2D eigenvalue weighted by Gasteiger charge is 2.15. The topological polar surface area (TPSA) is 51.2 Å². The van der Waals surface area contributed by atoms with E-state index in [0.717, 1.165) is 20.2 Å². The maximum Gasteiger partial charge on any atom is 0.265 e. The Hall–Kier alpha value is -2.05. The normalized spacial score (nSPS) is 12.1. The molecule has 3 rings (SSSR count). The van der Waals surface area contributed by atoms with Gasteiger partial charge in [-0.25, -0.2) is 4.98 Å². The van der Waals surface area contributed by atoms with Crippen LogP contribution in [-0.2, 0) is 4.79 Å². The highest BCUT2D eigenvalue weighted by Crippen LogP contribution is 2.30. The molecule has 2 aromatic carbocycles. The minimum absolute atomic E-state index is 0.178. The molecule has 1 atom stereocenters. The van der Waals surface area contributed by atoms with Crippen molar-refractivity contribution in [3.05, 3.63) is 48.5 Å². The summed E-state index contributed by atoms with van der Waals surface area (Å²) >= 11 is 3.24. The Morgan fingerprint density at radius 2 is 2.04 bits per heavy atom. The fraction of sp³-hybridized carbons (Fsp3) is 0.176. The van der Waals surface area contributed by atoms with E-state index in [2.05, 4.69) is 10.3 Å². The first-order valence-corrected chi connectivity index (χ1v) is 9.17. The molecule has 1 unspecified atom stereocenters. The van der Waals surface area contributed by atoms with Gasteiger partial charge in [0.2, 0.25) is 0 Å². The average molecular weight is 344 g/mol. The number of ether oxygens (including phenoxy) is 1. The lowest BCUT2D eigenvalue weighted by atomic mass is 10.2. The second-order valence-electron chi connectivity index (χ2n) is 4.93. The van der Waals surface area contributed by atoms with Crippen molar-refractivity contribution in [1.82, 2.24) is 4.98 Å². The van der Waals surface area contributed by atoms with Gasteiger partial charge in [-0.1, -0.05) is 30.0 Å². The highest BCUT2D eigenvalue weighted by atomic mass is 32.2. The van der Waals surface area contributed by atoms with Gasteiger partial charge >= 0.3 is 0 Å². The summed E-state index contributed by atoms with van der Waals surface area (Å²) in [5.74, 6) is 0.500.